The first-order valence-electron chi connectivity index (χ1n) is 5.07. The van der Waals surface area contributed by atoms with Gasteiger partial charge in [-0.2, -0.15) is 15.0 Å². The average Bonchev–Trinajstić information content (AvgIpc) is 2.69. The minimum Gasteiger partial charge on any atom is -0.467 e. The number of anilines is 1. The number of hydrogen-bond acceptors (Lipinski definition) is 6. The lowest BCUT2D eigenvalue weighted by Gasteiger charge is -2.17. The molecule has 0 saturated carbocycles. The molecule has 0 bridgehead atoms. The molecule has 1 atom stereocenters. The summed E-state index contributed by atoms with van der Waals surface area (Å²) in [5.74, 6) is 0.149. The molecule has 2 rings (SSSR count). The van der Waals surface area contributed by atoms with E-state index in [-0.39, 0.29) is 23.3 Å². The maximum atomic E-state index is 11.6. The van der Waals surface area contributed by atoms with Gasteiger partial charge >= 0.3 is 12.1 Å². The van der Waals surface area contributed by atoms with Gasteiger partial charge in [0, 0.05) is 0 Å². The monoisotopic (exact) mass is 258 g/mol. The number of rotatable bonds is 3. The Labute approximate surface area is 103 Å². The molecule has 0 radical (unpaired) electrons. The Morgan fingerprint density at radius 2 is 2.29 bits per heavy atom. The number of hydrogen-bond donors (Lipinski definition) is 0. The van der Waals surface area contributed by atoms with Gasteiger partial charge in [-0.05, 0) is 18.0 Å². The molecule has 1 aliphatic rings. The maximum absolute atomic E-state index is 11.6. The molecular weight excluding hydrogens is 248 g/mol. The summed E-state index contributed by atoms with van der Waals surface area (Å²) in [5, 5.41) is -0.0265. The fourth-order valence-corrected chi connectivity index (χ4v) is 1.67. The third kappa shape index (κ3) is 2.23. The lowest BCUT2D eigenvalue weighted by Crippen LogP contribution is -2.34. The molecule has 8 heteroatoms. The van der Waals surface area contributed by atoms with E-state index in [1.807, 2.05) is 6.92 Å². The predicted octanol–water partition coefficient (Wildman–Crippen LogP) is 1.27. The molecule has 7 nitrogen and oxygen atoms in total. The number of nitrogens with zero attached hydrogens (tertiary/aromatic N) is 4. The summed E-state index contributed by atoms with van der Waals surface area (Å²) in [7, 11) is 1.41. The Kier molecular flexibility index (Phi) is 3.28. The largest absolute Gasteiger partial charge is 0.467 e. The Bertz CT molecular complexity index is 442. The number of carbonyl (C=O) groups excluding carboxylic acids is 1. The van der Waals surface area contributed by atoms with E-state index in [1.165, 1.54) is 12.0 Å². The van der Waals surface area contributed by atoms with Crippen LogP contribution in [0.25, 0.3) is 0 Å². The SMILES string of the molecule is CCC1COC(=O)N1c1nc(Cl)nc(OC)n1. The normalized spacial score (nSPS) is 19.4. The first-order valence-corrected chi connectivity index (χ1v) is 5.45. The van der Waals surface area contributed by atoms with Gasteiger partial charge in [0.15, 0.2) is 0 Å². The van der Waals surface area contributed by atoms with Crippen molar-refractivity contribution in [2.24, 2.45) is 0 Å². The van der Waals surface area contributed by atoms with Crippen molar-refractivity contribution >= 4 is 23.6 Å². The number of cyclic esters (lactones) is 1. The van der Waals surface area contributed by atoms with Crippen LogP contribution in [-0.2, 0) is 4.74 Å². The van der Waals surface area contributed by atoms with Crippen LogP contribution in [0.2, 0.25) is 5.28 Å². The van der Waals surface area contributed by atoms with Gasteiger partial charge in [0.2, 0.25) is 11.2 Å². The van der Waals surface area contributed by atoms with Crippen LogP contribution in [-0.4, -0.2) is 40.8 Å². The van der Waals surface area contributed by atoms with E-state index >= 15 is 0 Å². The average molecular weight is 259 g/mol. The number of ether oxygens (including phenoxy) is 2. The lowest BCUT2D eigenvalue weighted by atomic mass is 10.2. The Morgan fingerprint density at radius 1 is 1.53 bits per heavy atom. The minimum absolute atomic E-state index is 0.0265. The summed E-state index contributed by atoms with van der Waals surface area (Å²) < 4.78 is 9.81. The van der Waals surface area contributed by atoms with Crippen molar-refractivity contribution in [2.45, 2.75) is 19.4 Å². The molecule has 1 amide bonds. The summed E-state index contributed by atoms with van der Waals surface area (Å²) in [6.07, 6.45) is 0.248. The van der Waals surface area contributed by atoms with Gasteiger partial charge in [-0.3, -0.25) is 0 Å². The lowest BCUT2D eigenvalue weighted by molar-refractivity contribution is 0.178. The van der Waals surface area contributed by atoms with Crippen LogP contribution in [0, 0.1) is 0 Å². The second-order valence-corrected chi connectivity index (χ2v) is 3.74. The van der Waals surface area contributed by atoms with Gasteiger partial charge in [0.05, 0.1) is 13.2 Å². The van der Waals surface area contributed by atoms with Gasteiger partial charge < -0.3 is 9.47 Å². The standard InChI is InChI=1S/C9H11ClN4O3/c1-3-5-4-17-9(15)14(5)7-11-6(10)12-8(13-7)16-2/h5H,3-4H2,1-2H3. The van der Waals surface area contributed by atoms with E-state index in [2.05, 4.69) is 15.0 Å². The molecular formula is C9H11ClN4O3. The highest BCUT2D eigenvalue weighted by molar-refractivity contribution is 6.28. The van der Waals surface area contributed by atoms with Crippen molar-refractivity contribution in [3.63, 3.8) is 0 Å². The highest BCUT2D eigenvalue weighted by atomic mass is 35.5. The van der Waals surface area contributed by atoms with E-state index in [0.29, 0.717) is 6.61 Å². The number of amides is 1. The summed E-state index contributed by atoms with van der Waals surface area (Å²) in [6, 6.07) is -0.0276. The summed E-state index contributed by atoms with van der Waals surface area (Å²) in [4.78, 5) is 24.6. The van der Waals surface area contributed by atoms with E-state index in [1.54, 1.807) is 0 Å². The van der Waals surface area contributed by atoms with Crippen molar-refractivity contribution in [1.82, 2.24) is 15.0 Å². The number of halogens is 1. The molecule has 1 aliphatic heterocycles. The number of methoxy groups -OCH3 is 1. The molecule has 1 fully saturated rings. The van der Waals surface area contributed by atoms with Gasteiger partial charge in [-0.25, -0.2) is 9.69 Å². The van der Waals surface area contributed by atoms with Crippen LogP contribution < -0.4 is 9.64 Å². The summed E-state index contributed by atoms with van der Waals surface area (Å²) in [5.41, 5.74) is 0. The van der Waals surface area contributed by atoms with E-state index < -0.39 is 6.09 Å². The van der Waals surface area contributed by atoms with Crippen LogP contribution in [0.15, 0.2) is 0 Å². The second-order valence-electron chi connectivity index (χ2n) is 3.40. The molecule has 2 heterocycles. The zero-order valence-electron chi connectivity index (χ0n) is 9.38. The third-order valence-corrected chi connectivity index (χ3v) is 2.58. The molecule has 1 unspecified atom stereocenters. The zero-order valence-corrected chi connectivity index (χ0v) is 10.1. The van der Waals surface area contributed by atoms with Gasteiger partial charge in [-0.15, -0.1) is 0 Å². The van der Waals surface area contributed by atoms with Gasteiger partial charge in [0.1, 0.15) is 6.61 Å². The predicted molar refractivity (Wildman–Crippen MR) is 59.3 cm³/mol. The van der Waals surface area contributed by atoms with Crippen molar-refractivity contribution in [3.05, 3.63) is 5.28 Å². The van der Waals surface area contributed by atoms with Crippen molar-refractivity contribution in [3.8, 4) is 6.01 Å². The smallest absolute Gasteiger partial charge is 0.417 e. The number of carbonyl (C=O) groups is 1. The molecule has 0 spiro atoms. The molecule has 92 valence electrons. The molecule has 1 aromatic rings. The second kappa shape index (κ2) is 4.70. The Morgan fingerprint density at radius 3 is 2.94 bits per heavy atom. The van der Waals surface area contributed by atoms with Crippen molar-refractivity contribution in [2.75, 3.05) is 18.6 Å². The maximum Gasteiger partial charge on any atom is 0.417 e. The summed E-state index contributed by atoms with van der Waals surface area (Å²) >= 11 is 5.72. The molecule has 1 saturated heterocycles. The van der Waals surface area contributed by atoms with E-state index in [9.17, 15) is 4.79 Å². The first kappa shape index (κ1) is 11.8. The molecule has 17 heavy (non-hydrogen) atoms. The van der Waals surface area contributed by atoms with Gasteiger partial charge in [0.25, 0.3) is 0 Å². The first-order chi connectivity index (χ1) is 8.15. The van der Waals surface area contributed by atoms with Crippen LogP contribution in [0.5, 0.6) is 6.01 Å². The van der Waals surface area contributed by atoms with Crippen LogP contribution in [0.1, 0.15) is 13.3 Å². The minimum atomic E-state index is -0.485. The van der Waals surface area contributed by atoms with E-state index in [0.717, 1.165) is 6.42 Å². The Hall–Kier alpha value is -1.63. The highest BCUT2D eigenvalue weighted by Gasteiger charge is 2.35. The van der Waals surface area contributed by atoms with Gasteiger partial charge in [-0.1, -0.05) is 6.92 Å². The fourth-order valence-electron chi connectivity index (χ4n) is 1.53. The topological polar surface area (TPSA) is 77.4 Å². The summed E-state index contributed by atoms with van der Waals surface area (Å²) in [6.45, 7) is 2.26. The Balaban J connectivity index is 2.38. The third-order valence-electron chi connectivity index (χ3n) is 2.41. The van der Waals surface area contributed by atoms with E-state index in [4.69, 9.17) is 21.1 Å². The van der Waals surface area contributed by atoms with Crippen molar-refractivity contribution < 1.29 is 14.3 Å². The van der Waals surface area contributed by atoms with Crippen LogP contribution >= 0.6 is 11.6 Å². The quantitative estimate of drug-likeness (QED) is 0.812. The molecule has 0 aliphatic carbocycles. The van der Waals surface area contributed by atoms with Crippen LogP contribution in [0.4, 0.5) is 10.7 Å². The molecule has 0 N–H and O–H groups in total. The fraction of sp³-hybridized carbons (Fsp3) is 0.556. The van der Waals surface area contributed by atoms with Crippen molar-refractivity contribution in [1.29, 1.82) is 0 Å². The molecule has 1 aromatic heterocycles. The van der Waals surface area contributed by atoms with Crippen LogP contribution in [0.3, 0.4) is 0 Å². The highest BCUT2D eigenvalue weighted by Crippen LogP contribution is 2.23. The molecule has 0 aromatic carbocycles. The number of aromatic nitrogens is 3. The zero-order chi connectivity index (χ0) is 12.4.